The van der Waals surface area contributed by atoms with Gasteiger partial charge in [-0.05, 0) is 59.3 Å². The average Bonchev–Trinajstić information content (AvgIpc) is 2.74. The minimum Gasteiger partial charge on any atom is -0.508 e. The van der Waals surface area contributed by atoms with Crippen LogP contribution in [0.4, 0.5) is 24.7 Å². The van der Waals surface area contributed by atoms with Gasteiger partial charge in [-0.15, -0.1) is 0 Å². The maximum Gasteiger partial charge on any atom is 0.434 e. The second kappa shape index (κ2) is 7.65. The molecule has 154 valence electrons. The monoisotopic (exact) mass is 419 g/mol. The second-order valence-corrected chi connectivity index (χ2v) is 7.06. The smallest absolute Gasteiger partial charge is 0.434 e. The van der Waals surface area contributed by atoms with Gasteiger partial charge >= 0.3 is 6.18 Å². The van der Waals surface area contributed by atoms with Gasteiger partial charge in [0.1, 0.15) is 11.6 Å². The first-order valence-corrected chi connectivity index (χ1v) is 9.34. The number of aromatic nitrogens is 1. The van der Waals surface area contributed by atoms with E-state index in [0.29, 0.717) is 33.3 Å². The van der Waals surface area contributed by atoms with Gasteiger partial charge < -0.3 is 10.4 Å². The van der Waals surface area contributed by atoms with Crippen molar-refractivity contribution in [2.24, 2.45) is 0 Å². The SMILES string of the molecule is Cc1c(Nc2cccc(O)c2)nc(C(F)(F)F)c2cc(-c3ccc(C#N)cc3)ccc12. The number of nitriles is 1. The summed E-state index contributed by atoms with van der Waals surface area (Å²) in [4.78, 5) is 3.90. The molecule has 7 heteroatoms. The molecule has 0 amide bonds. The molecule has 0 radical (unpaired) electrons. The number of fused-ring (bicyclic) bond motifs is 1. The Morgan fingerprint density at radius 2 is 1.65 bits per heavy atom. The van der Waals surface area contributed by atoms with Crippen LogP contribution in [0.3, 0.4) is 0 Å². The van der Waals surface area contributed by atoms with E-state index in [1.54, 1.807) is 55.5 Å². The summed E-state index contributed by atoms with van der Waals surface area (Å²) >= 11 is 0. The Kier molecular flexibility index (Phi) is 4.99. The van der Waals surface area contributed by atoms with E-state index in [0.717, 1.165) is 0 Å². The van der Waals surface area contributed by atoms with Gasteiger partial charge in [0, 0.05) is 17.1 Å². The molecule has 4 rings (SSSR count). The summed E-state index contributed by atoms with van der Waals surface area (Å²) < 4.78 is 41.7. The number of anilines is 2. The maximum atomic E-state index is 13.9. The van der Waals surface area contributed by atoms with Crippen LogP contribution in [-0.2, 0) is 6.18 Å². The van der Waals surface area contributed by atoms with E-state index in [1.165, 1.54) is 18.2 Å². The van der Waals surface area contributed by atoms with Crippen molar-refractivity contribution in [3.63, 3.8) is 0 Å². The van der Waals surface area contributed by atoms with Crippen LogP contribution in [0.15, 0.2) is 66.7 Å². The van der Waals surface area contributed by atoms with Crippen molar-refractivity contribution in [3.05, 3.63) is 83.6 Å². The molecule has 4 aromatic rings. The number of phenols is 1. The number of hydrogen-bond donors (Lipinski definition) is 2. The number of phenolic OH excluding ortho intramolecular Hbond substituents is 1. The maximum absolute atomic E-state index is 13.9. The molecule has 0 fully saturated rings. The normalized spacial score (nSPS) is 11.3. The van der Waals surface area contributed by atoms with E-state index in [-0.39, 0.29) is 17.0 Å². The predicted octanol–water partition coefficient (Wildman–Crippen LogP) is 6.55. The molecule has 1 heterocycles. The number of hydrogen-bond acceptors (Lipinski definition) is 4. The standard InChI is InChI=1S/C24H16F3N3O/c1-14-20-10-9-17(16-7-5-15(13-28)6-8-16)11-21(20)22(24(25,26)27)30-23(14)29-18-3-2-4-19(31)12-18/h2-12,31H,1H3,(H,29,30). The van der Waals surface area contributed by atoms with E-state index in [2.05, 4.69) is 10.3 Å². The third kappa shape index (κ3) is 4.01. The van der Waals surface area contributed by atoms with Crippen molar-refractivity contribution >= 4 is 22.3 Å². The van der Waals surface area contributed by atoms with Crippen LogP contribution in [0, 0.1) is 18.3 Å². The number of aryl methyl sites for hydroxylation is 1. The summed E-state index contributed by atoms with van der Waals surface area (Å²) in [5.74, 6) is 0.0584. The topological polar surface area (TPSA) is 68.9 Å². The Morgan fingerprint density at radius 3 is 2.29 bits per heavy atom. The molecule has 0 unspecified atom stereocenters. The molecule has 0 aliphatic rings. The molecule has 0 spiro atoms. The summed E-state index contributed by atoms with van der Waals surface area (Å²) in [6.45, 7) is 1.70. The lowest BCUT2D eigenvalue weighted by Gasteiger charge is -2.17. The fraction of sp³-hybridized carbons (Fsp3) is 0.0833. The first-order chi connectivity index (χ1) is 14.8. The fourth-order valence-corrected chi connectivity index (χ4v) is 3.43. The zero-order valence-electron chi connectivity index (χ0n) is 16.3. The van der Waals surface area contributed by atoms with Crippen molar-refractivity contribution < 1.29 is 18.3 Å². The van der Waals surface area contributed by atoms with E-state index in [9.17, 15) is 18.3 Å². The van der Waals surface area contributed by atoms with Gasteiger partial charge in [-0.3, -0.25) is 0 Å². The molecule has 4 nitrogen and oxygen atoms in total. The van der Waals surface area contributed by atoms with Crippen LogP contribution in [0.2, 0.25) is 0 Å². The van der Waals surface area contributed by atoms with Crippen molar-refractivity contribution in [1.82, 2.24) is 4.98 Å². The minimum atomic E-state index is -4.66. The van der Waals surface area contributed by atoms with Crippen molar-refractivity contribution in [2.75, 3.05) is 5.32 Å². The highest BCUT2D eigenvalue weighted by Gasteiger charge is 2.36. The molecule has 0 saturated heterocycles. The number of pyridine rings is 1. The number of benzene rings is 3. The van der Waals surface area contributed by atoms with Crippen LogP contribution in [-0.4, -0.2) is 10.1 Å². The lowest BCUT2D eigenvalue weighted by atomic mass is 9.97. The number of alkyl halides is 3. The van der Waals surface area contributed by atoms with Gasteiger partial charge in [0.15, 0.2) is 5.69 Å². The lowest BCUT2D eigenvalue weighted by Crippen LogP contribution is -2.11. The van der Waals surface area contributed by atoms with Crippen LogP contribution < -0.4 is 5.32 Å². The van der Waals surface area contributed by atoms with Gasteiger partial charge in [0.25, 0.3) is 0 Å². The lowest BCUT2D eigenvalue weighted by molar-refractivity contribution is -0.139. The molecular formula is C24H16F3N3O. The zero-order chi connectivity index (χ0) is 22.2. The van der Waals surface area contributed by atoms with E-state index < -0.39 is 11.9 Å². The molecule has 1 aromatic heterocycles. The van der Waals surface area contributed by atoms with Crippen LogP contribution in [0.1, 0.15) is 16.8 Å². The first-order valence-electron chi connectivity index (χ1n) is 9.34. The molecule has 0 atom stereocenters. The summed E-state index contributed by atoms with van der Waals surface area (Å²) in [6, 6.07) is 19.6. The second-order valence-electron chi connectivity index (χ2n) is 7.06. The number of nitrogens with zero attached hydrogens (tertiary/aromatic N) is 2. The van der Waals surface area contributed by atoms with E-state index >= 15 is 0 Å². The van der Waals surface area contributed by atoms with Crippen molar-refractivity contribution in [2.45, 2.75) is 13.1 Å². The molecule has 2 N–H and O–H groups in total. The Balaban J connectivity index is 1.88. The summed E-state index contributed by atoms with van der Waals surface area (Å²) in [5.41, 5.74) is 1.76. The van der Waals surface area contributed by atoms with Gasteiger partial charge in [-0.2, -0.15) is 18.4 Å². The number of halogens is 3. The molecule has 3 aromatic carbocycles. The molecular weight excluding hydrogens is 403 g/mol. The fourth-order valence-electron chi connectivity index (χ4n) is 3.43. The highest BCUT2D eigenvalue weighted by atomic mass is 19.4. The molecule has 0 bridgehead atoms. The first kappa shape index (κ1) is 20.2. The number of aromatic hydroxyl groups is 1. The third-order valence-corrected chi connectivity index (χ3v) is 4.98. The minimum absolute atomic E-state index is 0.00619. The number of nitrogens with one attached hydrogen (secondary N) is 1. The highest BCUT2D eigenvalue weighted by molar-refractivity contribution is 5.94. The van der Waals surface area contributed by atoms with Crippen molar-refractivity contribution in [3.8, 4) is 22.9 Å². The highest BCUT2D eigenvalue weighted by Crippen LogP contribution is 2.39. The van der Waals surface area contributed by atoms with Crippen molar-refractivity contribution in [1.29, 1.82) is 5.26 Å². The van der Waals surface area contributed by atoms with Crippen LogP contribution in [0.5, 0.6) is 5.75 Å². The third-order valence-electron chi connectivity index (χ3n) is 4.98. The summed E-state index contributed by atoms with van der Waals surface area (Å²) in [6.07, 6.45) is -4.66. The molecule has 0 aliphatic heterocycles. The summed E-state index contributed by atoms with van der Waals surface area (Å²) in [7, 11) is 0. The van der Waals surface area contributed by atoms with Crippen LogP contribution in [0.25, 0.3) is 21.9 Å². The van der Waals surface area contributed by atoms with E-state index in [4.69, 9.17) is 5.26 Å². The predicted molar refractivity (Wildman–Crippen MR) is 113 cm³/mol. The number of rotatable bonds is 3. The van der Waals surface area contributed by atoms with Gasteiger partial charge in [0.05, 0.1) is 11.6 Å². The van der Waals surface area contributed by atoms with Gasteiger partial charge in [0.2, 0.25) is 0 Å². The van der Waals surface area contributed by atoms with Gasteiger partial charge in [-0.25, -0.2) is 4.98 Å². The summed E-state index contributed by atoms with van der Waals surface area (Å²) in [5, 5.41) is 21.9. The zero-order valence-corrected chi connectivity index (χ0v) is 16.3. The Labute approximate surface area is 176 Å². The van der Waals surface area contributed by atoms with Gasteiger partial charge in [-0.1, -0.05) is 30.3 Å². The molecule has 0 saturated carbocycles. The Morgan fingerprint density at radius 1 is 0.935 bits per heavy atom. The quantitative estimate of drug-likeness (QED) is 0.395. The van der Waals surface area contributed by atoms with Crippen LogP contribution >= 0.6 is 0 Å². The Hall–Kier alpha value is -4.05. The Bertz CT molecular complexity index is 1320. The van der Waals surface area contributed by atoms with E-state index in [1.807, 2.05) is 6.07 Å². The molecule has 31 heavy (non-hydrogen) atoms. The molecule has 0 aliphatic carbocycles. The average molecular weight is 419 g/mol. The largest absolute Gasteiger partial charge is 0.508 e.